The number of nitrogens with one attached hydrogen (secondary N) is 1. The molecule has 1 aliphatic rings. The standard InChI is InChI=1S/C15H18N2O4/c1-4-17-15(20)13(8-21-17)16-14(19)12-6-5-11(10(3)18)7-9(12)2/h5-7,13H,4,8H2,1-3H3,(H,16,19)/t13-/m1/s1. The predicted molar refractivity (Wildman–Crippen MR) is 75.8 cm³/mol. The smallest absolute Gasteiger partial charge is 0.271 e. The summed E-state index contributed by atoms with van der Waals surface area (Å²) in [6.45, 7) is 5.61. The average Bonchev–Trinajstić information content (AvgIpc) is 2.79. The van der Waals surface area contributed by atoms with Gasteiger partial charge in [0.05, 0.1) is 0 Å². The molecule has 1 N–H and O–H groups in total. The predicted octanol–water partition coefficient (Wildman–Crippen LogP) is 1.09. The summed E-state index contributed by atoms with van der Waals surface area (Å²) in [5.74, 6) is -0.644. The number of likely N-dealkylation sites (N-methyl/N-ethyl adjacent to an activating group) is 1. The van der Waals surface area contributed by atoms with Crippen molar-refractivity contribution >= 4 is 17.6 Å². The Bertz CT molecular complexity index is 597. The lowest BCUT2D eigenvalue weighted by Gasteiger charge is -2.13. The van der Waals surface area contributed by atoms with Gasteiger partial charge in [0.25, 0.3) is 11.8 Å². The molecule has 1 saturated heterocycles. The second-order valence-electron chi connectivity index (χ2n) is 4.94. The van der Waals surface area contributed by atoms with Crippen LogP contribution in [0.1, 0.15) is 40.1 Å². The number of rotatable bonds is 4. The first kappa shape index (κ1) is 15.2. The van der Waals surface area contributed by atoms with Crippen LogP contribution in [0, 0.1) is 6.92 Å². The molecule has 0 unspecified atom stereocenters. The number of carbonyl (C=O) groups excluding carboxylic acids is 3. The van der Waals surface area contributed by atoms with Crippen LogP contribution in [0.15, 0.2) is 18.2 Å². The van der Waals surface area contributed by atoms with Crippen LogP contribution < -0.4 is 5.32 Å². The molecule has 1 fully saturated rings. The first-order valence-corrected chi connectivity index (χ1v) is 6.80. The summed E-state index contributed by atoms with van der Waals surface area (Å²) in [5.41, 5.74) is 1.70. The van der Waals surface area contributed by atoms with E-state index in [1.54, 1.807) is 32.0 Å². The second-order valence-corrected chi connectivity index (χ2v) is 4.94. The molecule has 0 aliphatic carbocycles. The van der Waals surface area contributed by atoms with Crippen LogP contribution in [0.25, 0.3) is 0 Å². The summed E-state index contributed by atoms with van der Waals surface area (Å²) < 4.78 is 0. The van der Waals surface area contributed by atoms with Gasteiger partial charge < -0.3 is 5.32 Å². The van der Waals surface area contributed by atoms with Crippen molar-refractivity contribution in [2.75, 3.05) is 13.2 Å². The van der Waals surface area contributed by atoms with Gasteiger partial charge in [-0.15, -0.1) is 0 Å². The van der Waals surface area contributed by atoms with E-state index in [1.165, 1.54) is 12.0 Å². The van der Waals surface area contributed by atoms with Gasteiger partial charge in [-0.05, 0) is 38.5 Å². The number of Topliss-reactive ketones (excluding diaryl/α,β-unsaturated/α-hetero) is 1. The monoisotopic (exact) mass is 290 g/mol. The van der Waals surface area contributed by atoms with Crippen molar-refractivity contribution in [1.29, 1.82) is 0 Å². The maximum atomic E-state index is 12.2. The fourth-order valence-electron chi connectivity index (χ4n) is 2.20. The van der Waals surface area contributed by atoms with E-state index < -0.39 is 6.04 Å². The lowest BCUT2D eigenvalue weighted by Crippen LogP contribution is -2.42. The maximum absolute atomic E-state index is 12.2. The molecule has 0 radical (unpaired) electrons. The van der Waals surface area contributed by atoms with Crippen LogP contribution in [0.4, 0.5) is 0 Å². The van der Waals surface area contributed by atoms with Crippen molar-refractivity contribution in [3.8, 4) is 0 Å². The third-order valence-electron chi connectivity index (χ3n) is 3.41. The summed E-state index contributed by atoms with van der Waals surface area (Å²) >= 11 is 0. The second kappa shape index (κ2) is 6.05. The van der Waals surface area contributed by atoms with Crippen LogP contribution in [0.2, 0.25) is 0 Å². The normalized spacial score (nSPS) is 18.0. The van der Waals surface area contributed by atoms with E-state index in [0.717, 1.165) is 0 Å². The SMILES string of the molecule is CCN1OC[C@@H](NC(=O)c2ccc(C(C)=O)cc2C)C1=O. The highest BCUT2D eigenvalue weighted by Gasteiger charge is 2.33. The number of ketones is 1. The molecule has 1 heterocycles. The number of benzene rings is 1. The van der Waals surface area contributed by atoms with Gasteiger partial charge in [0.15, 0.2) is 5.78 Å². The number of hydrogen-bond donors (Lipinski definition) is 1. The van der Waals surface area contributed by atoms with Gasteiger partial charge in [0, 0.05) is 17.7 Å². The fourth-order valence-corrected chi connectivity index (χ4v) is 2.20. The summed E-state index contributed by atoms with van der Waals surface area (Å²) in [6.07, 6.45) is 0. The van der Waals surface area contributed by atoms with Crippen LogP contribution >= 0.6 is 0 Å². The van der Waals surface area contributed by atoms with Crippen LogP contribution in [0.5, 0.6) is 0 Å². The number of hydrogen-bond acceptors (Lipinski definition) is 4. The lowest BCUT2D eigenvalue weighted by atomic mass is 10.0. The Kier molecular flexibility index (Phi) is 4.37. The molecule has 0 saturated carbocycles. The molecule has 1 atom stereocenters. The molecule has 21 heavy (non-hydrogen) atoms. The summed E-state index contributed by atoms with van der Waals surface area (Å²) in [4.78, 5) is 40.6. The largest absolute Gasteiger partial charge is 0.338 e. The molecule has 2 rings (SSSR count). The number of aryl methyl sites for hydroxylation is 1. The zero-order valence-corrected chi connectivity index (χ0v) is 12.3. The Morgan fingerprint density at radius 2 is 2.14 bits per heavy atom. The Morgan fingerprint density at radius 3 is 2.67 bits per heavy atom. The van der Waals surface area contributed by atoms with Crippen molar-refractivity contribution in [1.82, 2.24) is 10.4 Å². The van der Waals surface area contributed by atoms with Crippen molar-refractivity contribution < 1.29 is 19.2 Å². The van der Waals surface area contributed by atoms with Crippen molar-refractivity contribution in [2.24, 2.45) is 0 Å². The zero-order valence-electron chi connectivity index (χ0n) is 12.3. The summed E-state index contributed by atoms with van der Waals surface area (Å²) in [7, 11) is 0. The number of hydroxylamine groups is 2. The van der Waals surface area contributed by atoms with E-state index in [-0.39, 0.29) is 24.2 Å². The summed E-state index contributed by atoms with van der Waals surface area (Å²) in [5, 5.41) is 3.89. The van der Waals surface area contributed by atoms with Gasteiger partial charge in [-0.25, -0.2) is 5.06 Å². The minimum Gasteiger partial charge on any atom is -0.338 e. The van der Waals surface area contributed by atoms with E-state index in [1.807, 2.05) is 0 Å². The zero-order chi connectivity index (χ0) is 15.6. The van der Waals surface area contributed by atoms with Gasteiger partial charge in [0.2, 0.25) is 0 Å². The van der Waals surface area contributed by atoms with E-state index in [9.17, 15) is 14.4 Å². The molecule has 1 aliphatic heterocycles. The molecule has 0 spiro atoms. The molecule has 6 nitrogen and oxygen atoms in total. The molecule has 1 aromatic rings. The highest BCUT2D eigenvalue weighted by Crippen LogP contribution is 2.13. The van der Waals surface area contributed by atoms with Crippen molar-refractivity contribution in [3.63, 3.8) is 0 Å². The first-order valence-electron chi connectivity index (χ1n) is 6.80. The van der Waals surface area contributed by atoms with Gasteiger partial charge >= 0.3 is 0 Å². The minimum atomic E-state index is -0.663. The fraction of sp³-hybridized carbons (Fsp3) is 0.400. The average molecular weight is 290 g/mol. The molecule has 2 amide bonds. The number of nitrogens with zero attached hydrogens (tertiary/aromatic N) is 1. The highest BCUT2D eigenvalue weighted by molar-refractivity contribution is 6.00. The first-order chi connectivity index (χ1) is 9.93. The quantitative estimate of drug-likeness (QED) is 0.842. The Hall–Kier alpha value is -2.21. The molecule has 6 heteroatoms. The Labute approximate surface area is 123 Å². The van der Waals surface area contributed by atoms with Crippen molar-refractivity contribution in [2.45, 2.75) is 26.8 Å². The molecule has 0 aromatic heterocycles. The van der Waals surface area contributed by atoms with E-state index in [4.69, 9.17) is 4.84 Å². The highest BCUT2D eigenvalue weighted by atomic mass is 16.7. The topological polar surface area (TPSA) is 75.7 Å². The van der Waals surface area contributed by atoms with E-state index in [0.29, 0.717) is 23.2 Å². The maximum Gasteiger partial charge on any atom is 0.271 e. The van der Waals surface area contributed by atoms with E-state index >= 15 is 0 Å². The minimum absolute atomic E-state index is 0.0528. The molecular formula is C15H18N2O4. The lowest BCUT2D eigenvalue weighted by molar-refractivity contribution is -0.160. The van der Waals surface area contributed by atoms with Gasteiger partial charge in [0.1, 0.15) is 12.6 Å². The van der Waals surface area contributed by atoms with Crippen molar-refractivity contribution in [3.05, 3.63) is 34.9 Å². The third kappa shape index (κ3) is 3.11. The third-order valence-corrected chi connectivity index (χ3v) is 3.41. The van der Waals surface area contributed by atoms with E-state index in [2.05, 4.69) is 5.32 Å². The van der Waals surface area contributed by atoms with Crippen LogP contribution in [0.3, 0.4) is 0 Å². The van der Waals surface area contributed by atoms with Gasteiger partial charge in [-0.1, -0.05) is 6.07 Å². The number of carbonyl (C=O) groups is 3. The summed E-state index contributed by atoms with van der Waals surface area (Å²) in [6, 6.07) is 4.21. The Balaban J connectivity index is 2.11. The van der Waals surface area contributed by atoms with Crippen LogP contribution in [-0.2, 0) is 9.63 Å². The molecule has 1 aromatic carbocycles. The van der Waals surface area contributed by atoms with Crippen LogP contribution in [-0.4, -0.2) is 41.9 Å². The molecule has 0 bridgehead atoms. The van der Waals surface area contributed by atoms with Gasteiger partial charge in [-0.2, -0.15) is 0 Å². The van der Waals surface area contributed by atoms with Gasteiger partial charge in [-0.3, -0.25) is 19.2 Å². The Morgan fingerprint density at radius 1 is 1.43 bits per heavy atom. The number of amides is 2. The molecule has 112 valence electrons. The molecular weight excluding hydrogens is 272 g/mol.